The van der Waals surface area contributed by atoms with E-state index in [1.165, 1.54) is 69.2 Å². The van der Waals surface area contributed by atoms with Gasteiger partial charge in [-0.3, -0.25) is 4.90 Å². The van der Waals surface area contributed by atoms with Crippen LogP contribution in [0.3, 0.4) is 0 Å². The van der Waals surface area contributed by atoms with Crippen molar-refractivity contribution in [2.24, 2.45) is 0 Å². The molecule has 0 radical (unpaired) electrons. The average molecular weight is 286 g/mol. The molecule has 0 amide bonds. The van der Waals surface area contributed by atoms with Crippen molar-refractivity contribution in [3.05, 3.63) is 35.4 Å². The Morgan fingerprint density at radius 2 is 1.86 bits per heavy atom. The molecule has 2 heteroatoms. The first-order valence-electron chi connectivity index (χ1n) is 8.83. The summed E-state index contributed by atoms with van der Waals surface area (Å²) in [6.07, 6.45) is 9.80. The van der Waals surface area contributed by atoms with Crippen molar-refractivity contribution in [3.63, 3.8) is 0 Å². The topological polar surface area (TPSA) is 15.3 Å². The molecule has 0 spiro atoms. The Hall–Kier alpha value is -0.860. The van der Waals surface area contributed by atoms with Crippen molar-refractivity contribution in [2.75, 3.05) is 13.1 Å². The van der Waals surface area contributed by atoms with Gasteiger partial charge in [-0.15, -0.1) is 0 Å². The summed E-state index contributed by atoms with van der Waals surface area (Å²) in [5.74, 6) is 0. The van der Waals surface area contributed by atoms with Crippen LogP contribution in [-0.4, -0.2) is 30.1 Å². The highest BCUT2D eigenvalue weighted by Gasteiger charge is 2.23. The zero-order chi connectivity index (χ0) is 14.5. The fourth-order valence-electron chi connectivity index (χ4n) is 4.01. The van der Waals surface area contributed by atoms with Crippen LogP contribution in [0.25, 0.3) is 0 Å². The van der Waals surface area contributed by atoms with Crippen LogP contribution in [0.4, 0.5) is 0 Å². The number of aryl methyl sites for hydroxylation is 1. The molecule has 0 aromatic heterocycles. The quantitative estimate of drug-likeness (QED) is 0.903. The van der Waals surface area contributed by atoms with Crippen LogP contribution < -0.4 is 5.32 Å². The van der Waals surface area contributed by atoms with E-state index in [-0.39, 0.29) is 0 Å². The molecule has 1 unspecified atom stereocenters. The van der Waals surface area contributed by atoms with Crippen LogP contribution in [0, 0.1) is 6.92 Å². The molecule has 2 fully saturated rings. The molecule has 1 aliphatic carbocycles. The van der Waals surface area contributed by atoms with Gasteiger partial charge in [-0.05, 0) is 44.7 Å². The fraction of sp³-hybridized carbons (Fsp3) is 0.684. The number of likely N-dealkylation sites (tertiary alicyclic amines) is 1. The normalized spacial score (nSPS) is 25.1. The summed E-state index contributed by atoms with van der Waals surface area (Å²) in [6.45, 7) is 5.79. The first-order chi connectivity index (χ1) is 10.3. The summed E-state index contributed by atoms with van der Waals surface area (Å²) in [7, 11) is 0. The second kappa shape index (κ2) is 7.42. The zero-order valence-corrected chi connectivity index (χ0v) is 13.5. The van der Waals surface area contributed by atoms with Crippen LogP contribution in [0.2, 0.25) is 0 Å². The van der Waals surface area contributed by atoms with Crippen LogP contribution >= 0.6 is 0 Å². The number of hydrogen-bond acceptors (Lipinski definition) is 2. The molecule has 21 heavy (non-hydrogen) atoms. The minimum atomic E-state index is 0.714. The lowest BCUT2D eigenvalue weighted by atomic mass is 9.93. The number of benzene rings is 1. The minimum Gasteiger partial charge on any atom is -0.310 e. The minimum absolute atomic E-state index is 0.714. The van der Waals surface area contributed by atoms with Crippen molar-refractivity contribution < 1.29 is 0 Å². The Labute approximate surface area is 129 Å². The van der Waals surface area contributed by atoms with Gasteiger partial charge in [0.15, 0.2) is 0 Å². The molecular weight excluding hydrogens is 256 g/mol. The van der Waals surface area contributed by atoms with E-state index in [1.807, 2.05) is 0 Å². The molecule has 1 saturated carbocycles. The van der Waals surface area contributed by atoms with Gasteiger partial charge in [0.1, 0.15) is 0 Å². The van der Waals surface area contributed by atoms with Gasteiger partial charge in [-0.25, -0.2) is 0 Å². The van der Waals surface area contributed by atoms with Crippen LogP contribution in [-0.2, 0) is 6.54 Å². The predicted molar refractivity (Wildman–Crippen MR) is 89.5 cm³/mol. The lowest BCUT2D eigenvalue weighted by Gasteiger charge is -2.36. The van der Waals surface area contributed by atoms with Gasteiger partial charge in [0.2, 0.25) is 0 Å². The summed E-state index contributed by atoms with van der Waals surface area (Å²) < 4.78 is 0. The highest BCUT2D eigenvalue weighted by atomic mass is 15.2. The van der Waals surface area contributed by atoms with E-state index in [0.29, 0.717) is 6.04 Å². The van der Waals surface area contributed by atoms with Crippen molar-refractivity contribution >= 4 is 0 Å². The maximum atomic E-state index is 3.94. The van der Waals surface area contributed by atoms with Crippen molar-refractivity contribution in [1.82, 2.24) is 10.2 Å². The monoisotopic (exact) mass is 286 g/mol. The molecule has 1 N–H and O–H groups in total. The molecule has 0 bridgehead atoms. The average Bonchev–Trinajstić information content (AvgIpc) is 2.49. The van der Waals surface area contributed by atoms with E-state index in [2.05, 4.69) is 41.4 Å². The molecule has 116 valence electrons. The fourth-order valence-corrected chi connectivity index (χ4v) is 4.01. The highest BCUT2D eigenvalue weighted by Crippen LogP contribution is 2.20. The number of piperidine rings is 1. The summed E-state index contributed by atoms with van der Waals surface area (Å²) in [6, 6.07) is 10.5. The molecule has 1 aromatic rings. The molecule has 1 saturated heterocycles. The lowest BCUT2D eigenvalue weighted by molar-refractivity contribution is 0.169. The SMILES string of the molecule is Cc1cccc(CN2CCCC(NC3CCCCC3)C2)c1. The van der Waals surface area contributed by atoms with E-state index < -0.39 is 0 Å². The van der Waals surface area contributed by atoms with Gasteiger partial charge < -0.3 is 5.32 Å². The van der Waals surface area contributed by atoms with E-state index in [4.69, 9.17) is 0 Å². The molecule has 1 atom stereocenters. The highest BCUT2D eigenvalue weighted by molar-refractivity contribution is 5.22. The Morgan fingerprint density at radius 1 is 1.05 bits per heavy atom. The van der Waals surface area contributed by atoms with Gasteiger partial charge in [0, 0.05) is 25.2 Å². The van der Waals surface area contributed by atoms with E-state index in [0.717, 1.165) is 12.6 Å². The van der Waals surface area contributed by atoms with E-state index >= 15 is 0 Å². The van der Waals surface area contributed by atoms with E-state index in [1.54, 1.807) is 0 Å². The van der Waals surface area contributed by atoms with Gasteiger partial charge in [-0.1, -0.05) is 49.1 Å². The Balaban J connectivity index is 1.50. The predicted octanol–water partition coefficient (Wildman–Crippen LogP) is 3.88. The first kappa shape index (κ1) is 15.1. The third-order valence-corrected chi connectivity index (χ3v) is 5.07. The molecule has 3 rings (SSSR count). The summed E-state index contributed by atoms with van der Waals surface area (Å²) in [5.41, 5.74) is 2.84. The molecule has 1 aliphatic heterocycles. The van der Waals surface area contributed by atoms with Crippen LogP contribution in [0.15, 0.2) is 24.3 Å². The van der Waals surface area contributed by atoms with E-state index in [9.17, 15) is 0 Å². The summed E-state index contributed by atoms with van der Waals surface area (Å²) in [4.78, 5) is 2.64. The molecule has 2 nitrogen and oxygen atoms in total. The lowest BCUT2D eigenvalue weighted by Crippen LogP contribution is -2.49. The maximum absolute atomic E-state index is 3.94. The largest absolute Gasteiger partial charge is 0.310 e. The third kappa shape index (κ3) is 4.55. The zero-order valence-electron chi connectivity index (χ0n) is 13.5. The number of nitrogens with zero attached hydrogens (tertiary/aromatic N) is 1. The van der Waals surface area contributed by atoms with Gasteiger partial charge in [0.05, 0.1) is 0 Å². The Morgan fingerprint density at radius 3 is 2.67 bits per heavy atom. The standard InChI is InChI=1S/C19H30N2/c1-16-7-5-8-17(13-16)14-21-12-6-11-19(15-21)20-18-9-3-2-4-10-18/h5,7-8,13,18-20H,2-4,6,9-12,14-15H2,1H3. The molecular formula is C19H30N2. The van der Waals surface area contributed by atoms with Gasteiger partial charge in [-0.2, -0.15) is 0 Å². The Kier molecular flexibility index (Phi) is 5.32. The first-order valence-corrected chi connectivity index (χ1v) is 8.83. The van der Waals surface area contributed by atoms with Gasteiger partial charge >= 0.3 is 0 Å². The Bertz CT molecular complexity index is 437. The number of rotatable bonds is 4. The van der Waals surface area contributed by atoms with Crippen molar-refractivity contribution in [3.8, 4) is 0 Å². The molecule has 1 aromatic carbocycles. The van der Waals surface area contributed by atoms with Crippen molar-refractivity contribution in [1.29, 1.82) is 0 Å². The summed E-state index contributed by atoms with van der Waals surface area (Å²) >= 11 is 0. The van der Waals surface area contributed by atoms with Crippen LogP contribution in [0.5, 0.6) is 0 Å². The smallest absolute Gasteiger partial charge is 0.0234 e. The van der Waals surface area contributed by atoms with Crippen LogP contribution in [0.1, 0.15) is 56.1 Å². The second-order valence-corrected chi connectivity index (χ2v) is 7.06. The van der Waals surface area contributed by atoms with Crippen molar-refractivity contribution in [2.45, 2.75) is 70.5 Å². The van der Waals surface area contributed by atoms with Gasteiger partial charge in [0.25, 0.3) is 0 Å². The third-order valence-electron chi connectivity index (χ3n) is 5.07. The molecule has 1 heterocycles. The second-order valence-electron chi connectivity index (χ2n) is 7.06. The number of nitrogens with one attached hydrogen (secondary N) is 1. The summed E-state index contributed by atoms with van der Waals surface area (Å²) in [5, 5.41) is 3.94. The number of hydrogen-bond donors (Lipinski definition) is 1. The maximum Gasteiger partial charge on any atom is 0.0234 e. The molecule has 2 aliphatic rings.